The number of halogens is 3. The van der Waals surface area contributed by atoms with Crippen molar-refractivity contribution in [1.82, 2.24) is 33.9 Å². The van der Waals surface area contributed by atoms with Crippen LogP contribution in [0.3, 0.4) is 0 Å². The number of benzene rings is 11. The van der Waals surface area contributed by atoms with Gasteiger partial charge in [-0.2, -0.15) is 84.9 Å². The monoisotopic (exact) mass is 1960 g/mol. The van der Waals surface area contributed by atoms with Gasteiger partial charge in [-0.3, -0.25) is 27.2 Å². The normalized spacial score (nSPS) is 11.1. The van der Waals surface area contributed by atoms with Crippen molar-refractivity contribution < 1.29 is 102 Å². The van der Waals surface area contributed by atoms with Crippen LogP contribution in [0.25, 0.3) is 98.8 Å². The molecule has 0 saturated heterocycles. The number of rotatable bonds is 5. The second kappa shape index (κ2) is 29.2. The van der Waals surface area contributed by atoms with E-state index >= 15 is 8.78 Å². The Morgan fingerprint density at radius 1 is 0.432 bits per heavy atom. The Morgan fingerprint density at radius 2 is 0.958 bits per heavy atom. The van der Waals surface area contributed by atoms with Crippen molar-refractivity contribution in [3.05, 3.63) is 296 Å². The van der Waals surface area contributed by atoms with Gasteiger partial charge >= 0.3 is 21.1 Å². The summed E-state index contributed by atoms with van der Waals surface area (Å²) >= 11 is 0. The van der Waals surface area contributed by atoms with Crippen molar-refractivity contribution in [3.63, 3.8) is 0 Å². The number of nitriles is 4. The molecular formula is C74H39F3N13OPt4-3. The van der Waals surface area contributed by atoms with Crippen molar-refractivity contribution in [1.29, 1.82) is 21.0 Å². The molecule has 0 amide bonds. The maximum absolute atomic E-state index is 15.6. The zero-order chi connectivity index (χ0) is 62.1. The molecule has 0 bridgehead atoms. The first-order chi connectivity index (χ1) is 44.7. The number of fused-ring (bicyclic) bond motifs is 13. The van der Waals surface area contributed by atoms with Gasteiger partial charge in [0, 0.05) is 133 Å². The zero-order valence-corrected chi connectivity index (χ0v) is 57.7. The van der Waals surface area contributed by atoms with Crippen LogP contribution in [-0.2, 0) is 84.3 Å². The molecule has 14 nitrogen and oxygen atoms in total. The van der Waals surface area contributed by atoms with E-state index in [2.05, 4.69) is 45.6 Å². The molecule has 1 aliphatic heterocycles. The first kappa shape index (κ1) is 67.4. The number of hydrogen-bond donors (Lipinski definition) is 0. The minimum Gasteiger partial charge on any atom is -0.516 e. The Morgan fingerprint density at radius 3 is 1.59 bits per heavy atom. The van der Waals surface area contributed by atoms with Crippen molar-refractivity contribution in [2.45, 2.75) is 0 Å². The molecule has 0 saturated carbocycles. The van der Waals surface area contributed by atoms with Gasteiger partial charge < -0.3 is 18.8 Å². The minimum atomic E-state index is -0.411. The summed E-state index contributed by atoms with van der Waals surface area (Å²) in [5.41, 5.74) is 8.10. The third kappa shape index (κ3) is 12.6. The van der Waals surface area contributed by atoms with Crippen molar-refractivity contribution in [2.75, 3.05) is 9.80 Å². The van der Waals surface area contributed by atoms with Gasteiger partial charge in [0.25, 0.3) is 0 Å². The number of hydrogen-bond acceptors (Lipinski definition) is 10. The second-order valence-corrected chi connectivity index (χ2v) is 20.5. The van der Waals surface area contributed by atoms with Gasteiger partial charge in [-0.1, -0.05) is 148 Å². The molecule has 0 spiro atoms. The van der Waals surface area contributed by atoms with E-state index in [-0.39, 0.29) is 113 Å². The molecule has 0 radical (unpaired) electrons. The van der Waals surface area contributed by atoms with E-state index in [4.69, 9.17) is 25.5 Å². The average Bonchev–Trinajstić information content (AvgIpc) is 1.68. The van der Waals surface area contributed by atoms with E-state index in [9.17, 15) is 4.39 Å². The molecule has 0 atom stereocenters. The van der Waals surface area contributed by atoms with Crippen molar-refractivity contribution >= 4 is 93.1 Å². The van der Waals surface area contributed by atoms with Crippen LogP contribution in [0.15, 0.2) is 235 Å². The van der Waals surface area contributed by atoms with Gasteiger partial charge in [-0.25, -0.2) is 0 Å². The summed E-state index contributed by atoms with van der Waals surface area (Å²) < 4.78 is 57.0. The predicted octanol–water partition coefficient (Wildman–Crippen LogP) is 16.5. The summed E-state index contributed by atoms with van der Waals surface area (Å²) in [4.78, 5) is 3.02. The van der Waals surface area contributed by atoms with Gasteiger partial charge in [0.05, 0.1) is 0 Å². The number of anilines is 3. The summed E-state index contributed by atoms with van der Waals surface area (Å²) in [5.74, 6) is -1.17. The summed E-state index contributed by atoms with van der Waals surface area (Å²) in [5, 5.41) is 56.9. The van der Waals surface area contributed by atoms with Crippen LogP contribution in [0.4, 0.5) is 30.2 Å². The van der Waals surface area contributed by atoms with E-state index < -0.39 is 11.6 Å². The van der Waals surface area contributed by atoms with E-state index in [0.717, 1.165) is 88.0 Å². The summed E-state index contributed by atoms with van der Waals surface area (Å²) in [6.45, 7) is 1.56. The van der Waals surface area contributed by atoms with Gasteiger partial charge in [0.2, 0.25) is 0 Å². The Hall–Kier alpha value is -10.5. The molecule has 95 heavy (non-hydrogen) atoms. The topological polar surface area (TPSA) is 173 Å². The maximum Gasteiger partial charge on any atom is 2.00 e. The Labute approximate surface area is 598 Å². The molecule has 0 fully saturated rings. The minimum absolute atomic E-state index is 0. The fraction of sp³-hybridized carbons (Fsp3) is 0. The van der Waals surface area contributed by atoms with E-state index in [1.54, 1.807) is 83.4 Å². The number of para-hydroxylation sites is 6. The number of furan rings is 1. The maximum atomic E-state index is 15.6. The summed E-state index contributed by atoms with van der Waals surface area (Å²) in [6.07, 6.45) is 6.92. The molecule has 11 aromatic carbocycles. The average molecular weight is 1960 g/mol. The van der Waals surface area contributed by atoms with E-state index in [1.165, 1.54) is 20.3 Å². The van der Waals surface area contributed by atoms with Crippen molar-refractivity contribution in [2.24, 2.45) is 0 Å². The first-order valence-electron chi connectivity index (χ1n) is 28.1. The summed E-state index contributed by atoms with van der Waals surface area (Å²) in [6, 6.07) is 83.2. The third-order valence-electron chi connectivity index (χ3n) is 15.3. The molecule has 5 aromatic heterocycles. The molecule has 1 aliphatic rings. The molecule has 21 heteroatoms. The number of nitrogens with zero attached hydrogens (tertiary/aromatic N) is 13. The first-order valence-corrected chi connectivity index (χ1v) is 28.1. The number of aromatic nitrogens is 7. The van der Waals surface area contributed by atoms with Crippen molar-refractivity contribution in [3.8, 4) is 47.2 Å². The standard InChI is InChI=1S/C22H12FN4.C22H11FN3.C16H8N3O.C14H8FN3.4Pt/c23-22-20(26-13-12-15(14-24)25-26)11-10-19-21(22)17-8-4-5-9-18(17)27(19)16-6-2-1-3-7-16;23-22-20(26-12-11-14(13-24)25-26)10-9-19-17-7-2-1-5-15(17)16-6-3-4-8-18(16)21(19)22;17-10-11-7-8-19(18-11)12-5-6-16-14(9-12)13-3-1-2-4-15(13)20-16;15-11-5-1-2-6-12(11)18-10-17(9-16)13-7-3-4-8-14(13)18;;;;/h1-10,12-13H;1-9,11-12H;1-4,6-9H;1-5,7-8,10H;;;;/q3*-1;-2;;;;+2. The van der Waals surface area contributed by atoms with Gasteiger partial charge in [0.15, 0.2) is 23.3 Å². The molecule has 0 aliphatic carbocycles. The molecule has 17 rings (SSSR count). The molecule has 0 N–H and O–H groups in total. The fourth-order valence-corrected chi connectivity index (χ4v) is 11.3. The van der Waals surface area contributed by atoms with Crippen LogP contribution < -0.4 is 9.80 Å². The van der Waals surface area contributed by atoms with Crippen LogP contribution >= 0.6 is 0 Å². The SMILES string of the molecule is N#CN1[CH-]N(c2[c-]cccc2F)c2ccccc21.N#Cc1ccn(-c2[c-]cc3c(c2F)c2ccccc2n3-c2ccccc2)n1.N#Cc1ccn(-c2[c-]cc3c4ccccc4c4ccccc4c3c2F)n1.N#Cc1ccn(-c2[c-]cc3oc4ccccc4c3c2)n1.[Pt+2].[Pt].[Pt].[Pt]. The predicted molar refractivity (Wildman–Crippen MR) is 342 cm³/mol. The zero-order valence-electron chi connectivity index (χ0n) is 48.6. The largest absolute Gasteiger partial charge is 2.00 e. The fourth-order valence-electron chi connectivity index (χ4n) is 11.3. The van der Waals surface area contributed by atoms with Gasteiger partial charge in [-0.15, -0.1) is 30.3 Å². The molecule has 470 valence electrons. The van der Waals surface area contributed by atoms with Crippen LogP contribution in [0.5, 0.6) is 0 Å². The van der Waals surface area contributed by atoms with E-state index in [0.29, 0.717) is 22.2 Å². The van der Waals surface area contributed by atoms with Crippen LogP contribution in [0.1, 0.15) is 17.1 Å². The molecule has 0 unspecified atom stereocenters. The Balaban J connectivity index is 0.000000138. The molecule has 6 heterocycles. The molecular weight excluding hydrogens is 1920 g/mol. The Kier molecular flexibility index (Phi) is 20.7. The smallest absolute Gasteiger partial charge is 0.516 e. The Bertz CT molecular complexity index is 5670. The molecule has 16 aromatic rings. The van der Waals surface area contributed by atoms with Crippen LogP contribution in [0.2, 0.25) is 0 Å². The van der Waals surface area contributed by atoms with Gasteiger partial charge in [-0.05, 0) is 93.2 Å². The van der Waals surface area contributed by atoms with Crippen LogP contribution in [0, 0.1) is 93.8 Å². The van der Waals surface area contributed by atoms with E-state index in [1.807, 2.05) is 181 Å². The second-order valence-electron chi connectivity index (χ2n) is 20.5. The van der Waals surface area contributed by atoms with Crippen LogP contribution in [-0.4, -0.2) is 33.9 Å². The summed E-state index contributed by atoms with van der Waals surface area (Å²) in [7, 11) is 0. The third-order valence-corrected chi connectivity index (χ3v) is 15.3. The quantitative estimate of drug-likeness (QED) is 0.0917. The van der Waals surface area contributed by atoms with Gasteiger partial charge in [0.1, 0.15) is 23.8 Å².